The van der Waals surface area contributed by atoms with Crippen molar-refractivity contribution in [3.8, 4) is 0 Å². The number of nitrogens with zero attached hydrogens (tertiary/aromatic N) is 4. The zero-order valence-electron chi connectivity index (χ0n) is 14.4. The van der Waals surface area contributed by atoms with Gasteiger partial charge in [-0.25, -0.2) is 4.79 Å². The van der Waals surface area contributed by atoms with Crippen LogP contribution < -0.4 is 11.2 Å². The van der Waals surface area contributed by atoms with Crippen molar-refractivity contribution >= 4 is 11.9 Å². The Labute approximate surface area is 151 Å². The molecule has 2 N–H and O–H groups in total. The molecule has 1 aromatic heterocycles. The summed E-state index contributed by atoms with van der Waals surface area (Å²) in [6.45, 7) is 0.907. The van der Waals surface area contributed by atoms with E-state index in [9.17, 15) is 24.3 Å². The molecule has 0 unspecified atom stereocenters. The van der Waals surface area contributed by atoms with Crippen molar-refractivity contribution in [3.63, 3.8) is 0 Å². The van der Waals surface area contributed by atoms with Crippen molar-refractivity contribution in [3.05, 3.63) is 43.5 Å². The Hall–Kier alpha value is -3.15. The van der Waals surface area contributed by atoms with Crippen LogP contribution in [0.5, 0.6) is 0 Å². The lowest BCUT2D eigenvalue weighted by molar-refractivity contribution is -0.170. The number of H-pyrrole nitrogens is 1. The fourth-order valence-electron chi connectivity index (χ4n) is 2.79. The summed E-state index contributed by atoms with van der Waals surface area (Å²) in [6.07, 6.45) is -3.04. The Bertz CT molecular complexity index is 888. The number of nitrogens with one attached hydrogen (secondary N) is 1. The van der Waals surface area contributed by atoms with Crippen LogP contribution >= 0.6 is 0 Å². The molecule has 1 aliphatic heterocycles. The third-order valence-corrected chi connectivity index (χ3v) is 3.84. The van der Waals surface area contributed by atoms with Crippen LogP contribution in [0, 0.1) is 0 Å². The van der Waals surface area contributed by atoms with Gasteiger partial charge in [-0.15, -0.1) is 0 Å². The van der Waals surface area contributed by atoms with E-state index in [0.29, 0.717) is 0 Å². The van der Waals surface area contributed by atoms with Crippen LogP contribution in [-0.2, 0) is 23.8 Å². The second kappa shape index (κ2) is 8.03. The molecule has 13 heteroatoms. The van der Waals surface area contributed by atoms with E-state index in [0.717, 1.165) is 30.7 Å². The van der Waals surface area contributed by atoms with Crippen LogP contribution in [0.4, 0.5) is 0 Å². The highest BCUT2D eigenvalue weighted by atomic mass is 16.7. The van der Waals surface area contributed by atoms with Gasteiger partial charge < -0.3 is 19.3 Å². The summed E-state index contributed by atoms with van der Waals surface area (Å²) in [6, 6.07) is 1.03. The first-order chi connectivity index (χ1) is 12.7. The van der Waals surface area contributed by atoms with E-state index in [1.165, 1.54) is 0 Å². The predicted molar refractivity (Wildman–Crippen MR) is 86.4 cm³/mol. The van der Waals surface area contributed by atoms with Gasteiger partial charge in [-0.05, 0) is 5.53 Å². The van der Waals surface area contributed by atoms with Gasteiger partial charge in [-0.3, -0.25) is 23.9 Å². The molecule has 0 aliphatic carbocycles. The number of hydrogen-bond acceptors (Lipinski definition) is 9. The van der Waals surface area contributed by atoms with E-state index in [-0.39, 0.29) is 0 Å². The molecule has 2 rings (SSSR count). The van der Waals surface area contributed by atoms with Crippen LogP contribution in [-0.4, -0.2) is 57.6 Å². The highest BCUT2D eigenvalue weighted by Gasteiger charge is 2.59. The molecule has 0 spiro atoms. The Balaban J connectivity index is 2.61. The minimum Gasteiger partial charge on any atom is -0.455 e. The minimum atomic E-state index is -1.78. The first-order valence-electron chi connectivity index (χ1n) is 7.69. The summed E-state index contributed by atoms with van der Waals surface area (Å²) >= 11 is 0. The number of aromatic nitrogens is 2. The van der Waals surface area contributed by atoms with Gasteiger partial charge in [0.25, 0.3) is 5.56 Å². The Morgan fingerprint density at radius 3 is 2.59 bits per heavy atom. The molecule has 2 heterocycles. The minimum absolute atomic E-state index is 0.482. The number of rotatable bonds is 6. The smallest absolute Gasteiger partial charge is 0.330 e. The maximum atomic E-state index is 12.1. The predicted octanol–water partition coefficient (Wildman–Crippen LogP) is -1.03. The lowest BCUT2D eigenvalue weighted by Crippen LogP contribution is -2.51. The van der Waals surface area contributed by atoms with Gasteiger partial charge in [-0.2, -0.15) is 0 Å². The van der Waals surface area contributed by atoms with E-state index >= 15 is 0 Å². The van der Waals surface area contributed by atoms with Gasteiger partial charge >= 0.3 is 17.6 Å². The quantitative estimate of drug-likeness (QED) is 0.270. The number of carbonyl (C=O) groups is 2. The highest BCUT2D eigenvalue weighted by molar-refractivity contribution is 5.67. The maximum Gasteiger partial charge on any atom is 0.330 e. The third-order valence-electron chi connectivity index (χ3n) is 3.84. The van der Waals surface area contributed by atoms with E-state index < -0.39 is 60.4 Å². The second-order valence-corrected chi connectivity index (χ2v) is 5.74. The molecule has 146 valence electrons. The maximum absolute atomic E-state index is 12.1. The third kappa shape index (κ3) is 4.16. The molecule has 1 aromatic rings. The van der Waals surface area contributed by atoms with E-state index in [1.54, 1.807) is 0 Å². The van der Waals surface area contributed by atoms with Crippen molar-refractivity contribution in [2.24, 2.45) is 5.11 Å². The molecule has 1 saturated heterocycles. The summed E-state index contributed by atoms with van der Waals surface area (Å²) < 4.78 is 17.0. The van der Waals surface area contributed by atoms with Crippen molar-refractivity contribution < 1.29 is 28.9 Å². The number of carbonyl (C=O) groups excluding carboxylic acids is 2. The topological polar surface area (TPSA) is 186 Å². The van der Waals surface area contributed by atoms with Crippen LogP contribution in [0.3, 0.4) is 0 Å². The van der Waals surface area contributed by atoms with Crippen LogP contribution in [0.2, 0.25) is 0 Å². The number of aliphatic hydroxyl groups excluding tert-OH is 1. The van der Waals surface area contributed by atoms with Gasteiger partial charge in [0.1, 0.15) is 5.60 Å². The number of hydrogen-bond donors (Lipinski definition) is 2. The molecule has 27 heavy (non-hydrogen) atoms. The van der Waals surface area contributed by atoms with Gasteiger partial charge in [0.15, 0.2) is 18.4 Å². The fourth-order valence-corrected chi connectivity index (χ4v) is 2.79. The molecule has 4 atom stereocenters. The number of ether oxygens (including phenoxy) is 3. The Morgan fingerprint density at radius 2 is 2.07 bits per heavy atom. The lowest BCUT2D eigenvalue weighted by Gasteiger charge is -2.31. The van der Waals surface area contributed by atoms with Crippen molar-refractivity contribution in [1.29, 1.82) is 0 Å². The summed E-state index contributed by atoms with van der Waals surface area (Å²) in [5.41, 5.74) is 5.27. The largest absolute Gasteiger partial charge is 0.455 e. The number of azide groups is 1. The van der Waals surface area contributed by atoms with E-state index in [2.05, 4.69) is 10.0 Å². The number of aliphatic hydroxyl groups is 1. The van der Waals surface area contributed by atoms with Crippen LogP contribution in [0.15, 0.2) is 27.0 Å². The van der Waals surface area contributed by atoms with E-state index in [4.69, 9.17) is 19.7 Å². The summed E-state index contributed by atoms with van der Waals surface area (Å²) in [5, 5.41) is 13.2. The van der Waals surface area contributed by atoms with Gasteiger partial charge in [0, 0.05) is 31.0 Å². The average molecular weight is 383 g/mol. The molecule has 0 amide bonds. The molecular formula is C14H17N5O8. The van der Waals surface area contributed by atoms with E-state index in [1.807, 2.05) is 4.98 Å². The second-order valence-electron chi connectivity index (χ2n) is 5.74. The molecule has 0 saturated carbocycles. The summed E-state index contributed by atoms with van der Waals surface area (Å²) in [5.74, 6) is -1.56. The normalized spacial score (nSPS) is 26.9. The SMILES string of the molecule is CC(=O)O[C@@H]1[C@H](n2ccc(=O)[nH]c2=O)O[C@@](CO)(CN=[N+]=[N-])[C@H]1OC(C)=O. The molecule has 0 bridgehead atoms. The molecule has 13 nitrogen and oxygen atoms in total. The van der Waals surface area contributed by atoms with Crippen molar-refractivity contribution in [1.82, 2.24) is 9.55 Å². The standard InChI is InChI=1S/C14H17N5O8/c1-7(21)25-10-11(26-8(2)22)14(6-20,5-16-18-15)27-12(10)19-4-3-9(23)17-13(19)24/h3-4,10-12,20H,5-6H2,1-2H3,(H,17,23,24)/t10-,11-,12+,14+/m0/s1. The monoisotopic (exact) mass is 383 g/mol. The zero-order chi connectivity index (χ0) is 20.2. The zero-order valence-corrected chi connectivity index (χ0v) is 14.4. The summed E-state index contributed by atoms with van der Waals surface area (Å²) in [7, 11) is 0. The fraction of sp³-hybridized carbons (Fsp3) is 0.571. The molecule has 1 fully saturated rings. The highest BCUT2D eigenvalue weighted by Crippen LogP contribution is 2.40. The van der Waals surface area contributed by atoms with Crippen LogP contribution in [0.25, 0.3) is 10.4 Å². The number of aromatic amines is 1. The first-order valence-corrected chi connectivity index (χ1v) is 7.69. The van der Waals surface area contributed by atoms with Crippen LogP contribution in [0.1, 0.15) is 20.1 Å². The average Bonchev–Trinajstić information content (AvgIpc) is 2.86. The lowest BCUT2D eigenvalue weighted by atomic mass is 9.95. The van der Waals surface area contributed by atoms with Crippen molar-refractivity contribution in [2.75, 3.05) is 13.2 Å². The number of esters is 2. The molecule has 0 radical (unpaired) electrons. The Kier molecular flexibility index (Phi) is 6.00. The van der Waals surface area contributed by atoms with Gasteiger partial charge in [0.05, 0.1) is 13.2 Å². The molecule has 0 aromatic carbocycles. The van der Waals surface area contributed by atoms with Crippen molar-refractivity contribution in [2.45, 2.75) is 37.9 Å². The first kappa shape index (κ1) is 20.2. The molecular weight excluding hydrogens is 366 g/mol. The Morgan fingerprint density at radius 1 is 1.41 bits per heavy atom. The molecule has 1 aliphatic rings. The summed E-state index contributed by atoms with van der Waals surface area (Å²) in [4.78, 5) is 51.1. The van der Waals surface area contributed by atoms with Gasteiger partial charge in [-0.1, -0.05) is 5.11 Å². The van der Waals surface area contributed by atoms with Gasteiger partial charge in [0.2, 0.25) is 0 Å².